The second-order valence-electron chi connectivity index (χ2n) is 6.06. The minimum Gasteiger partial charge on any atom is -0.478 e. The summed E-state index contributed by atoms with van der Waals surface area (Å²) in [6, 6.07) is 5.15. The lowest BCUT2D eigenvalue weighted by Gasteiger charge is -2.19. The average Bonchev–Trinajstić information content (AvgIpc) is 3.17. The summed E-state index contributed by atoms with van der Waals surface area (Å²) in [5, 5.41) is 18.8. The maximum Gasteiger partial charge on any atom is 0.335 e. The van der Waals surface area contributed by atoms with Gasteiger partial charge in [0.2, 0.25) is 0 Å². The fourth-order valence-electron chi connectivity index (χ4n) is 2.94. The number of aromatic carboxylic acids is 1. The summed E-state index contributed by atoms with van der Waals surface area (Å²) >= 11 is 0. The highest BCUT2D eigenvalue weighted by Crippen LogP contribution is 2.42. The van der Waals surface area contributed by atoms with E-state index in [0.717, 1.165) is 29.7 Å². The van der Waals surface area contributed by atoms with E-state index in [-0.39, 0.29) is 11.6 Å². The Bertz CT molecular complexity index is 686. The molecular formula is C16H20N2O3. The number of aromatic nitrogens is 2. The lowest BCUT2D eigenvalue weighted by molar-refractivity contribution is 0.0697. The Morgan fingerprint density at radius 2 is 2.14 bits per heavy atom. The molecule has 1 aliphatic carbocycles. The van der Waals surface area contributed by atoms with Crippen molar-refractivity contribution in [1.29, 1.82) is 0 Å². The molecule has 112 valence electrons. The molecule has 3 rings (SSSR count). The van der Waals surface area contributed by atoms with Crippen molar-refractivity contribution in [2.45, 2.75) is 51.2 Å². The van der Waals surface area contributed by atoms with E-state index in [1.165, 1.54) is 0 Å². The van der Waals surface area contributed by atoms with Gasteiger partial charge < -0.3 is 14.8 Å². The van der Waals surface area contributed by atoms with E-state index in [4.69, 9.17) is 4.98 Å². The van der Waals surface area contributed by atoms with Gasteiger partial charge in [-0.2, -0.15) is 0 Å². The number of imidazole rings is 1. The number of fused-ring (bicyclic) bond motifs is 1. The van der Waals surface area contributed by atoms with Gasteiger partial charge in [-0.1, -0.05) is 0 Å². The van der Waals surface area contributed by atoms with E-state index in [1.807, 2.05) is 6.92 Å². The van der Waals surface area contributed by atoms with Gasteiger partial charge in [-0.25, -0.2) is 9.78 Å². The third-order valence-corrected chi connectivity index (χ3v) is 4.03. The second-order valence-corrected chi connectivity index (χ2v) is 6.06. The Morgan fingerprint density at radius 3 is 2.71 bits per heavy atom. The molecule has 2 atom stereocenters. The topological polar surface area (TPSA) is 75.3 Å². The monoisotopic (exact) mass is 288 g/mol. The Morgan fingerprint density at radius 1 is 1.43 bits per heavy atom. The van der Waals surface area contributed by atoms with Crippen LogP contribution in [0.2, 0.25) is 0 Å². The number of rotatable bonds is 5. The highest BCUT2D eigenvalue weighted by molar-refractivity contribution is 5.92. The van der Waals surface area contributed by atoms with Crippen molar-refractivity contribution in [2.24, 2.45) is 0 Å². The predicted octanol–water partition coefficient (Wildman–Crippen LogP) is 2.94. The second kappa shape index (κ2) is 5.15. The van der Waals surface area contributed by atoms with E-state index >= 15 is 0 Å². The third kappa shape index (κ3) is 2.65. The first-order valence-electron chi connectivity index (χ1n) is 7.40. The number of aliphatic hydroxyl groups excluding tert-OH is 1. The number of nitrogens with zero attached hydrogens (tertiary/aromatic N) is 2. The molecule has 1 aromatic heterocycles. The van der Waals surface area contributed by atoms with Crippen molar-refractivity contribution in [1.82, 2.24) is 9.55 Å². The first-order valence-corrected chi connectivity index (χ1v) is 7.40. The molecule has 1 saturated carbocycles. The van der Waals surface area contributed by atoms with Gasteiger partial charge in [-0.15, -0.1) is 0 Å². The molecule has 0 amide bonds. The zero-order valence-electron chi connectivity index (χ0n) is 12.3. The van der Waals surface area contributed by atoms with Crippen LogP contribution >= 0.6 is 0 Å². The smallest absolute Gasteiger partial charge is 0.335 e. The molecule has 2 N–H and O–H groups in total. The van der Waals surface area contributed by atoms with E-state index in [0.29, 0.717) is 12.3 Å². The number of hydrogen-bond donors (Lipinski definition) is 2. The molecule has 1 heterocycles. The van der Waals surface area contributed by atoms with E-state index in [1.54, 1.807) is 25.1 Å². The molecule has 0 saturated heterocycles. The molecule has 0 bridgehead atoms. The molecule has 21 heavy (non-hydrogen) atoms. The van der Waals surface area contributed by atoms with Crippen molar-refractivity contribution in [3.63, 3.8) is 0 Å². The quantitative estimate of drug-likeness (QED) is 0.887. The first-order chi connectivity index (χ1) is 9.97. The summed E-state index contributed by atoms with van der Waals surface area (Å²) in [5.74, 6) is 0.573. The SMILES string of the molecule is CC(O)CC(C)n1c(C2CC2)nc2ccc(C(=O)O)cc21. The van der Waals surface area contributed by atoms with Gasteiger partial charge in [0.25, 0.3) is 0 Å². The van der Waals surface area contributed by atoms with Crippen LogP contribution in [0.25, 0.3) is 11.0 Å². The lowest BCUT2D eigenvalue weighted by atomic mass is 10.1. The van der Waals surface area contributed by atoms with Crippen LogP contribution in [0.3, 0.4) is 0 Å². The number of benzene rings is 1. The fourth-order valence-corrected chi connectivity index (χ4v) is 2.94. The number of aliphatic hydroxyl groups is 1. The van der Waals surface area contributed by atoms with Crippen molar-refractivity contribution < 1.29 is 15.0 Å². The van der Waals surface area contributed by atoms with Crippen LogP contribution < -0.4 is 0 Å². The Balaban J connectivity index is 2.14. The van der Waals surface area contributed by atoms with E-state index < -0.39 is 12.1 Å². The molecule has 1 aliphatic rings. The van der Waals surface area contributed by atoms with Crippen molar-refractivity contribution in [3.8, 4) is 0 Å². The van der Waals surface area contributed by atoms with Crippen molar-refractivity contribution in [3.05, 3.63) is 29.6 Å². The molecule has 0 radical (unpaired) electrons. The summed E-state index contributed by atoms with van der Waals surface area (Å²) in [6.45, 7) is 3.82. The van der Waals surface area contributed by atoms with Crippen LogP contribution in [0.4, 0.5) is 0 Å². The standard InChI is InChI=1S/C16H20N2O3/c1-9(7-10(2)19)18-14-8-12(16(20)21)5-6-13(14)17-15(18)11-3-4-11/h5-6,8-11,19H,3-4,7H2,1-2H3,(H,20,21). The van der Waals surface area contributed by atoms with E-state index in [2.05, 4.69) is 4.57 Å². The zero-order valence-corrected chi connectivity index (χ0v) is 12.3. The molecule has 1 aromatic carbocycles. The van der Waals surface area contributed by atoms with E-state index in [9.17, 15) is 15.0 Å². The van der Waals surface area contributed by atoms with Gasteiger partial charge in [0.05, 0.1) is 22.7 Å². The minimum absolute atomic E-state index is 0.0923. The average molecular weight is 288 g/mol. The Kier molecular flexibility index (Phi) is 3.45. The maximum atomic E-state index is 11.2. The number of carboxylic acid groups (broad SMARTS) is 1. The first kappa shape index (κ1) is 14.1. The predicted molar refractivity (Wildman–Crippen MR) is 79.7 cm³/mol. The van der Waals surface area contributed by atoms with Crippen molar-refractivity contribution >= 4 is 17.0 Å². The molecule has 0 aliphatic heterocycles. The highest BCUT2D eigenvalue weighted by atomic mass is 16.4. The van der Waals surface area contributed by atoms with Gasteiger partial charge in [-0.05, 0) is 51.3 Å². The molecule has 2 unspecified atom stereocenters. The summed E-state index contributed by atoms with van der Waals surface area (Å²) in [6.07, 6.45) is 2.50. The van der Waals surface area contributed by atoms with Gasteiger partial charge in [-0.3, -0.25) is 0 Å². The normalized spacial score (nSPS) is 17.9. The number of hydrogen-bond acceptors (Lipinski definition) is 3. The van der Waals surface area contributed by atoms with Gasteiger partial charge >= 0.3 is 5.97 Å². The summed E-state index contributed by atoms with van der Waals surface area (Å²) in [7, 11) is 0. The Hall–Kier alpha value is -1.88. The molecule has 5 heteroatoms. The van der Waals surface area contributed by atoms with Crippen LogP contribution in [0.15, 0.2) is 18.2 Å². The van der Waals surface area contributed by atoms with Crippen molar-refractivity contribution in [2.75, 3.05) is 0 Å². The minimum atomic E-state index is -0.930. The largest absolute Gasteiger partial charge is 0.478 e. The van der Waals surface area contributed by atoms with Crippen LogP contribution in [-0.4, -0.2) is 31.8 Å². The summed E-state index contributed by atoms with van der Waals surface area (Å²) < 4.78 is 2.12. The lowest BCUT2D eigenvalue weighted by Crippen LogP contribution is -2.14. The summed E-state index contributed by atoms with van der Waals surface area (Å²) in [5.41, 5.74) is 1.96. The zero-order chi connectivity index (χ0) is 15.1. The molecule has 1 fully saturated rings. The molecular weight excluding hydrogens is 268 g/mol. The number of carbonyl (C=O) groups is 1. The summed E-state index contributed by atoms with van der Waals surface area (Å²) in [4.78, 5) is 15.9. The molecule has 2 aromatic rings. The van der Waals surface area contributed by atoms with Crippen LogP contribution in [0, 0.1) is 0 Å². The molecule has 5 nitrogen and oxygen atoms in total. The van der Waals surface area contributed by atoms with Crippen LogP contribution in [-0.2, 0) is 0 Å². The third-order valence-electron chi connectivity index (χ3n) is 4.03. The fraction of sp³-hybridized carbons (Fsp3) is 0.500. The maximum absolute atomic E-state index is 11.2. The van der Waals surface area contributed by atoms with Crippen LogP contribution in [0.1, 0.15) is 61.3 Å². The number of carboxylic acids is 1. The molecule has 0 spiro atoms. The van der Waals surface area contributed by atoms with Gasteiger partial charge in [0, 0.05) is 12.0 Å². The van der Waals surface area contributed by atoms with Crippen LogP contribution in [0.5, 0.6) is 0 Å². The highest BCUT2D eigenvalue weighted by Gasteiger charge is 2.31. The van der Waals surface area contributed by atoms with Gasteiger partial charge in [0.1, 0.15) is 5.82 Å². The van der Waals surface area contributed by atoms with Gasteiger partial charge in [0.15, 0.2) is 0 Å². The Labute approximate surface area is 123 Å².